The first-order valence-electron chi connectivity index (χ1n) is 7.06. The van der Waals surface area contributed by atoms with Crippen LogP contribution >= 0.6 is 0 Å². The molecule has 108 valence electrons. The Balaban J connectivity index is 2.35. The zero-order valence-corrected chi connectivity index (χ0v) is 12.6. The van der Waals surface area contributed by atoms with Crippen LogP contribution in [0.2, 0.25) is 0 Å². The highest BCUT2D eigenvalue weighted by Crippen LogP contribution is 2.25. The SMILES string of the molecule is CCNc1ncnc(Nc2cn(C)nc2CC)c1CC. The number of aromatic nitrogens is 4. The molecule has 2 aromatic heterocycles. The van der Waals surface area contributed by atoms with Crippen LogP contribution in [-0.2, 0) is 19.9 Å². The van der Waals surface area contributed by atoms with E-state index in [1.165, 1.54) is 0 Å². The molecule has 2 aromatic rings. The van der Waals surface area contributed by atoms with E-state index in [1.807, 2.05) is 17.9 Å². The molecule has 6 nitrogen and oxygen atoms in total. The van der Waals surface area contributed by atoms with Gasteiger partial charge in [0.15, 0.2) is 0 Å². The zero-order valence-electron chi connectivity index (χ0n) is 12.6. The molecule has 0 unspecified atom stereocenters. The Morgan fingerprint density at radius 2 is 1.85 bits per heavy atom. The van der Waals surface area contributed by atoms with Crippen molar-refractivity contribution in [2.75, 3.05) is 17.2 Å². The molecule has 20 heavy (non-hydrogen) atoms. The summed E-state index contributed by atoms with van der Waals surface area (Å²) < 4.78 is 1.82. The van der Waals surface area contributed by atoms with Crippen LogP contribution in [0.3, 0.4) is 0 Å². The number of aryl methyl sites for hydroxylation is 2. The van der Waals surface area contributed by atoms with Crippen molar-refractivity contribution < 1.29 is 0 Å². The number of hydrogen-bond donors (Lipinski definition) is 2. The monoisotopic (exact) mass is 274 g/mol. The molecule has 0 aromatic carbocycles. The molecular formula is C14H22N6. The maximum absolute atomic E-state index is 4.43. The molecule has 0 aliphatic rings. The molecule has 2 heterocycles. The van der Waals surface area contributed by atoms with Gasteiger partial charge in [-0.05, 0) is 19.8 Å². The standard InChI is InChI=1S/C14H22N6/c1-5-10-13(15-7-3)16-9-17-14(10)18-12-8-20(4)19-11(12)6-2/h8-9H,5-7H2,1-4H3,(H2,15,16,17,18). The van der Waals surface area contributed by atoms with Gasteiger partial charge >= 0.3 is 0 Å². The lowest BCUT2D eigenvalue weighted by molar-refractivity contribution is 0.746. The number of hydrogen-bond acceptors (Lipinski definition) is 5. The molecule has 2 N–H and O–H groups in total. The Bertz CT molecular complexity index is 575. The van der Waals surface area contributed by atoms with E-state index in [9.17, 15) is 0 Å². The first kappa shape index (κ1) is 14.3. The Kier molecular flexibility index (Phi) is 4.55. The lowest BCUT2D eigenvalue weighted by Gasteiger charge is -2.13. The third-order valence-corrected chi connectivity index (χ3v) is 3.14. The highest BCUT2D eigenvalue weighted by Gasteiger charge is 2.12. The van der Waals surface area contributed by atoms with Crippen LogP contribution in [-0.4, -0.2) is 26.3 Å². The Labute approximate surface area is 119 Å². The fraction of sp³-hybridized carbons (Fsp3) is 0.500. The summed E-state index contributed by atoms with van der Waals surface area (Å²) in [4.78, 5) is 8.68. The van der Waals surface area contributed by atoms with E-state index >= 15 is 0 Å². The number of rotatable bonds is 6. The number of nitrogens with zero attached hydrogens (tertiary/aromatic N) is 4. The normalized spacial score (nSPS) is 10.6. The molecule has 0 bridgehead atoms. The average Bonchev–Trinajstić information content (AvgIpc) is 2.79. The highest BCUT2D eigenvalue weighted by atomic mass is 15.3. The highest BCUT2D eigenvalue weighted by molar-refractivity contribution is 5.65. The van der Waals surface area contributed by atoms with Gasteiger partial charge in [-0.3, -0.25) is 4.68 Å². The van der Waals surface area contributed by atoms with Gasteiger partial charge in [-0.2, -0.15) is 5.10 Å². The van der Waals surface area contributed by atoms with Crippen molar-refractivity contribution in [2.24, 2.45) is 7.05 Å². The smallest absolute Gasteiger partial charge is 0.139 e. The minimum Gasteiger partial charge on any atom is -0.370 e. The summed E-state index contributed by atoms with van der Waals surface area (Å²) in [5, 5.41) is 11.1. The summed E-state index contributed by atoms with van der Waals surface area (Å²) in [7, 11) is 1.93. The van der Waals surface area contributed by atoms with Gasteiger partial charge in [0.2, 0.25) is 0 Å². The van der Waals surface area contributed by atoms with Crippen LogP contribution in [0.15, 0.2) is 12.5 Å². The van der Waals surface area contributed by atoms with Crippen molar-refractivity contribution in [1.29, 1.82) is 0 Å². The van der Waals surface area contributed by atoms with Gasteiger partial charge in [-0.25, -0.2) is 9.97 Å². The molecule has 0 fully saturated rings. The number of anilines is 3. The molecule has 0 aliphatic heterocycles. The van der Waals surface area contributed by atoms with Crippen molar-refractivity contribution in [3.63, 3.8) is 0 Å². The third-order valence-electron chi connectivity index (χ3n) is 3.14. The predicted molar refractivity (Wildman–Crippen MR) is 81.4 cm³/mol. The second kappa shape index (κ2) is 6.36. The van der Waals surface area contributed by atoms with Crippen molar-refractivity contribution in [1.82, 2.24) is 19.7 Å². The van der Waals surface area contributed by atoms with Crippen molar-refractivity contribution in [3.05, 3.63) is 23.8 Å². The molecule has 0 saturated heterocycles. The summed E-state index contributed by atoms with van der Waals surface area (Å²) in [6.07, 6.45) is 5.32. The Hall–Kier alpha value is -2.11. The van der Waals surface area contributed by atoms with Gasteiger partial charge in [0.1, 0.15) is 18.0 Å². The fourth-order valence-corrected chi connectivity index (χ4v) is 2.20. The maximum atomic E-state index is 4.43. The second-order valence-corrected chi connectivity index (χ2v) is 4.58. The van der Waals surface area contributed by atoms with Crippen LogP contribution in [0.5, 0.6) is 0 Å². The zero-order chi connectivity index (χ0) is 14.5. The van der Waals surface area contributed by atoms with E-state index < -0.39 is 0 Å². The minimum absolute atomic E-state index is 0.844. The topological polar surface area (TPSA) is 67.7 Å². The van der Waals surface area contributed by atoms with E-state index in [1.54, 1.807) is 6.33 Å². The van der Waals surface area contributed by atoms with Crippen LogP contribution < -0.4 is 10.6 Å². The molecule has 0 spiro atoms. The van der Waals surface area contributed by atoms with Crippen molar-refractivity contribution >= 4 is 17.3 Å². The van der Waals surface area contributed by atoms with Gasteiger partial charge < -0.3 is 10.6 Å². The summed E-state index contributed by atoms with van der Waals surface area (Å²) >= 11 is 0. The minimum atomic E-state index is 0.844. The Morgan fingerprint density at radius 3 is 2.50 bits per heavy atom. The van der Waals surface area contributed by atoms with Gasteiger partial charge in [0.25, 0.3) is 0 Å². The van der Waals surface area contributed by atoms with Crippen molar-refractivity contribution in [3.8, 4) is 0 Å². The average molecular weight is 274 g/mol. The molecule has 0 radical (unpaired) electrons. The van der Waals surface area contributed by atoms with Crippen molar-refractivity contribution in [2.45, 2.75) is 33.6 Å². The molecule has 0 atom stereocenters. The van der Waals surface area contributed by atoms with Crippen LogP contribution in [0.4, 0.5) is 17.3 Å². The van der Waals surface area contributed by atoms with E-state index in [0.717, 1.165) is 48.0 Å². The molecule has 0 aliphatic carbocycles. The van der Waals surface area contributed by atoms with Gasteiger partial charge in [0, 0.05) is 25.4 Å². The van der Waals surface area contributed by atoms with E-state index in [-0.39, 0.29) is 0 Å². The van der Waals surface area contributed by atoms with Gasteiger partial charge in [-0.1, -0.05) is 13.8 Å². The quantitative estimate of drug-likeness (QED) is 0.847. The van der Waals surface area contributed by atoms with Crippen LogP contribution in [0, 0.1) is 0 Å². The van der Waals surface area contributed by atoms with Crippen LogP contribution in [0.25, 0.3) is 0 Å². The number of nitrogens with one attached hydrogen (secondary N) is 2. The summed E-state index contributed by atoms with van der Waals surface area (Å²) in [5.41, 5.74) is 3.14. The molecule has 0 amide bonds. The van der Waals surface area contributed by atoms with E-state index in [0.29, 0.717) is 0 Å². The molecular weight excluding hydrogens is 252 g/mol. The fourth-order valence-electron chi connectivity index (χ4n) is 2.20. The first-order chi connectivity index (χ1) is 9.69. The van der Waals surface area contributed by atoms with Gasteiger partial charge in [-0.15, -0.1) is 0 Å². The third kappa shape index (κ3) is 2.89. The Morgan fingerprint density at radius 1 is 1.10 bits per heavy atom. The summed E-state index contributed by atoms with van der Waals surface area (Å²) in [6.45, 7) is 7.11. The molecule has 6 heteroatoms. The first-order valence-corrected chi connectivity index (χ1v) is 7.06. The second-order valence-electron chi connectivity index (χ2n) is 4.58. The maximum Gasteiger partial charge on any atom is 0.139 e. The lowest BCUT2D eigenvalue weighted by atomic mass is 10.2. The van der Waals surface area contributed by atoms with E-state index in [2.05, 4.69) is 46.5 Å². The molecule has 2 rings (SSSR count). The van der Waals surface area contributed by atoms with E-state index in [4.69, 9.17) is 0 Å². The lowest BCUT2D eigenvalue weighted by Crippen LogP contribution is -2.07. The summed E-state index contributed by atoms with van der Waals surface area (Å²) in [5.74, 6) is 1.75. The van der Waals surface area contributed by atoms with Gasteiger partial charge in [0.05, 0.1) is 11.4 Å². The summed E-state index contributed by atoms with van der Waals surface area (Å²) in [6, 6.07) is 0. The predicted octanol–water partition coefficient (Wildman–Crippen LogP) is 2.51. The largest absolute Gasteiger partial charge is 0.370 e. The van der Waals surface area contributed by atoms with Crippen LogP contribution in [0.1, 0.15) is 32.0 Å². The molecule has 0 saturated carbocycles.